The molecule has 0 saturated heterocycles. The number of aryl methyl sites for hydroxylation is 2. The van der Waals surface area contributed by atoms with E-state index in [0.717, 1.165) is 104 Å². The molecule has 4 aromatic carbocycles. The summed E-state index contributed by atoms with van der Waals surface area (Å²) in [4.78, 5) is 18.2. The molecule has 7 aromatic rings. The van der Waals surface area contributed by atoms with Gasteiger partial charge in [0.25, 0.3) is 0 Å². The quantitative estimate of drug-likeness (QED) is 0.127. The number of H-pyrrole nitrogens is 2. The van der Waals surface area contributed by atoms with Crippen molar-refractivity contribution in [1.82, 2.24) is 19.9 Å². The van der Waals surface area contributed by atoms with E-state index >= 15 is 0 Å². The second kappa shape index (κ2) is 17.0. The van der Waals surface area contributed by atoms with Gasteiger partial charge >= 0.3 is 6.18 Å². The lowest BCUT2D eigenvalue weighted by molar-refractivity contribution is -0.137. The summed E-state index contributed by atoms with van der Waals surface area (Å²) >= 11 is 0. The molecule has 0 radical (unpaired) electrons. The largest absolute Gasteiger partial charge is 0.416 e. The van der Waals surface area contributed by atoms with E-state index in [1.165, 1.54) is 17.7 Å². The van der Waals surface area contributed by atoms with Gasteiger partial charge in [-0.15, -0.1) is 19.7 Å². The number of hydrogen-bond donors (Lipinski definition) is 2. The molecule has 8 bridgehead atoms. The van der Waals surface area contributed by atoms with E-state index in [9.17, 15) is 13.2 Å². The van der Waals surface area contributed by atoms with Crippen LogP contribution in [0.5, 0.6) is 0 Å². The maximum Gasteiger partial charge on any atom is 0.416 e. The Hall–Kier alpha value is -7.51. The summed E-state index contributed by atoms with van der Waals surface area (Å²) < 4.78 is 41.5. The summed E-state index contributed by atoms with van der Waals surface area (Å²) in [5.74, 6) is 0. The van der Waals surface area contributed by atoms with Crippen LogP contribution in [0.1, 0.15) is 64.3 Å². The number of rotatable bonds is 11. The van der Waals surface area contributed by atoms with Crippen molar-refractivity contribution in [2.45, 2.75) is 44.7 Å². The van der Waals surface area contributed by atoms with Crippen molar-refractivity contribution in [3.05, 3.63) is 204 Å². The molecule has 0 atom stereocenters. The van der Waals surface area contributed by atoms with Crippen LogP contribution in [0.15, 0.2) is 159 Å². The van der Waals surface area contributed by atoms with Crippen LogP contribution in [0.4, 0.5) is 13.2 Å². The molecule has 0 amide bonds. The minimum Gasteiger partial charge on any atom is -0.354 e. The van der Waals surface area contributed by atoms with Crippen LogP contribution in [-0.4, -0.2) is 19.9 Å². The Balaban J connectivity index is 1.39. The average molecular weight is 845 g/mol. The Morgan fingerprint density at radius 2 is 0.703 bits per heavy atom. The molecular weight excluding hydrogens is 798 g/mol. The Morgan fingerprint density at radius 3 is 0.984 bits per heavy atom. The molecule has 64 heavy (non-hydrogen) atoms. The van der Waals surface area contributed by atoms with Gasteiger partial charge in [0.05, 0.1) is 28.3 Å². The first-order valence-electron chi connectivity index (χ1n) is 21.4. The van der Waals surface area contributed by atoms with Gasteiger partial charge in [-0.25, -0.2) is 9.97 Å². The Morgan fingerprint density at radius 1 is 0.422 bits per heavy atom. The molecule has 316 valence electrons. The summed E-state index contributed by atoms with van der Waals surface area (Å²) in [5.41, 5.74) is 15.5. The first-order chi connectivity index (χ1) is 31.0. The van der Waals surface area contributed by atoms with E-state index in [1.807, 2.05) is 42.5 Å². The summed E-state index contributed by atoms with van der Waals surface area (Å²) in [7, 11) is 0. The van der Waals surface area contributed by atoms with E-state index < -0.39 is 11.7 Å². The van der Waals surface area contributed by atoms with Crippen LogP contribution in [-0.2, 0) is 11.6 Å². The molecule has 2 N–H and O–H groups in total. The molecule has 9 rings (SSSR count). The smallest absolute Gasteiger partial charge is 0.354 e. The van der Waals surface area contributed by atoms with E-state index in [1.54, 1.807) is 0 Å². The summed E-state index contributed by atoms with van der Waals surface area (Å²) in [5, 5.41) is 0. The van der Waals surface area contributed by atoms with Gasteiger partial charge in [0.2, 0.25) is 0 Å². The average Bonchev–Trinajstić information content (AvgIpc) is 4.14. The molecule has 0 fully saturated rings. The van der Waals surface area contributed by atoms with Gasteiger partial charge in [0.15, 0.2) is 0 Å². The van der Waals surface area contributed by atoms with Crippen LogP contribution in [0.3, 0.4) is 0 Å². The topological polar surface area (TPSA) is 57.4 Å². The molecule has 2 aliphatic rings. The number of aromatic amines is 2. The highest BCUT2D eigenvalue weighted by Crippen LogP contribution is 2.41. The van der Waals surface area contributed by atoms with E-state index in [2.05, 4.69) is 141 Å². The van der Waals surface area contributed by atoms with Crippen LogP contribution < -0.4 is 0 Å². The highest BCUT2D eigenvalue weighted by atomic mass is 19.4. The fraction of sp³-hybridized carbons (Fsp3) is 0.123. The molecule has 2 aliphatic heterocycles. The van der Waals surface area contributed by atoms with Gasteiger partial charge in [-0.2, -0.15) is 13.2 Å². The first-order valence-corrected chi connectivity index (χ1v) is 21.4. The SMILES string of the molecule is C=CCC(CC=C)(CC=C)c1ccc(-c2c3nc(c(-c4ccc(C)cc4)c4ccc([nH]4)c(-c4ccc(C(F)(F)F)cc4)c4nc(c(-c5ccc(C)cc5)c5ccc2[nH]5)C=C4)C=C3)cc1. The molecule has 4 nitrogen and oxygen atoms in total. The van der Waals surface area contributed by atoms with Crippen molar-refractivity contribution in [2.75, 3.05) is 0 Å². The van der Waals surface area contributed by atoms with Gasteiger partial charge in [-0.1, -0.05) is 114 Å². The monoisotopic (exact) mass is 844 g/mol. The predicted octanol–water partition coefficient (Wildman–Crippen LogP) is 15.9. The number of nitrogens with zero attached hydrogens (tertiary/aromatic N) is 2. The Kier molecular flexibility index (Phi) is 11.1. The zero-order valence-corrected chi connectivity index (χ0v) is 35.9. The number of nitrogens with one attached hydrogen (secondary N) is 2. The third kappa shape index (κ3) is 7.90. The van der Waals surface area contributed by atoms with Crippen LogP contribution in [0.2, 0.25) is 0 Å². The second-order valence-corrected chi connectivity index (χ2v) is 16.6. The second-order valence-electron chi connectivity index (χ2n) is 16.6. The lowest BCUT2D eigenvalue weighted by Gasteiger charge is -2.32. The van der Waals surface area contributed by atoms with Gasteiger partial charge in [0, 0.05) is 49.7 Å². The molecule has 0 unspecified atom stereocenters. The van der Waals surface area contributed by atoms with Crippen LogP contribution in [0, 0.1) is 13.8 Å². The van der Waals surface area contributed by atoms with E-state index in [0.29, 0.717) is 28.0 Å². The molecule has 0 saturated carbocycles. The maximum atomic E-state index is 13.8. The number of benzene rings is 4. The maximum absolute atomic E-state index is 13.8. The summed E-state index contributed by atoms with van der Waals surface area (Å²) in [6.45, 7) is 16.4. The number of fused-ring (bicyclic) bond motifs is 8. The van der Waals surface area contributed by atoms with Crippen LogP contribution >= 0.6 is 0 Å². The van der Waals surface area contributed by atoms with Crippen molar-refractivity contribution >= 4 is 46.4 Å². The van der Waals surface area contributed by atoms with Gasteiger partial charge in [-0.05, 0) is 122 Å². The normalized spacial score (nSPS) is 12.4. The van der Waals surface area contributed by atoms with Gasteiger partial charge in [-0.3, -0.25) is 0 Å². The molecule has 0 aliphatic carbocycles. The van der Waals surface area contributed by atoms with Crippen molar-refractivity contribution in [3.8, 4) is 44.5 Å². The van der Waals surface area contributed by atoms with E-state index in [-0.39, 0.29) is 5.41 Å². The highest BCUT2D eigenvalue weighted by Gasteiger charge is 2.31. The first kappa shape index (κ1) is 41.8. The predicted molar refractivity (Wildman–Crippen MR) is 261 cm³/mol. The van der Waals surface area contributed by atoms with Crippen molar-refractivity contribution in [3.63, 3.8) is 0 Å². The minimum atomic E-state index is -4.47. The molecule has 5 heterocycles. The third-order valence-electron chi connectivity index (χ3n) is 12.3. The summed E-state index contributed by atoms with van der Waals surface area (Å²) in [6, 6.07) is 38.9. The number of halogens is 3. The third-order valence-corrected chi connectivity index (χ3v) is 12.3. The lowest BCUT2D eigenvalue weighted by Crippen LogP contribution is -2.24. The molecular formula is C57H47F3N4. The van der Waals surface area contributed by atoms with Crippen LogP contribution in [0.25, 0.3) is 90.9 Å². The van der Waals surface area contributed by atoms with E-state index in [4.69, 9.17) is 9.97 Å². The number of alkyl halides is 3. The molecule has 0 spiro atoms. The number of hydrogen-bond acceptors (Lipinski definition) is 2. The Labute approximate surface area is 371 Å². The molecule has 3 aromatic heterocycles. The van der Waals surface area contributed by atoms with Crippen molar-refractivity contribution < 1.29 is 13.2 Å². The van der Waals surface area contributed by atoms with Gasteiger partial charge < -0.3 is 9.97 Å². The number of allylic oxidation sites excluding steroid dienone is 3. The standard InChI is InChI=1S/C57H47F3N4/c1-6-33-56(34-7-2,35-8-3)42-21-17-40(18-22-42)54-48-29-25-44(61-48)52(38-13-9-36(4)10-14-38)46-27-31-50(63-46)55(41-19-23-43(24-20-41)57(58,59)60)51-32-28-47(64-51)53(45-26-30-49(54)62-45)39-15-11-37(5)12-16-39/h6-32,61,64H,1-3,33-35H2,4-5H3. The van der Waals surface area contributed by atoms with Crippen molar-refractivity contribution in [1.29, 1.82) is 0 Å². The zero-order valence-electron chi connectivity index (χ0n) is 35.9. The fourth-order valence-corrected chi connectivity index (χ4v) is 9.11. The Bertz CT molecular complexity index is 3090. The fourth-order valence-electron chi connectivity index (χ4n) is 9.11. The highest BCUT2D eigenvalue weighted by molar-refractivity contribution is 5.99. The lowest BCUT2D eigenvalue weighted by atomic mass is 9.72. The molecule has 7 heteroatoms. The number of aromatic nitrogens is 4. The summed E-state index contributed by atoms with van der Waals surface area (Å²) in [6.07, 6.45) is 11.9. The minimum absolute atomic E-state index is 0.208. The zero-order chi connectivity index (χ0) is 44.6. The van der Waals surface area contributed by atoms with Crippen molar-refractivity contribution in [2.24, 2.45) is 0 Å². The van der Waals surface area contributed by atoms with Gasteiger partial charge in [0.1, 0.15) is 0 Å².